The number of benzene rings is 1. The van der Waals surface area contributed by atoms with E-state index in [1.54, 1.807) is 0 Å². The Labute approximate surface area is 121 Å². The third-order valence-electron chi connectivity index (χ3n) is 2.60. The second-order valence-corrected chi connectivity index (χ2v) is 4.39. The zero-order valence-electron chi connectivity index (χ0n) is 10.9. The highest BCUT2D eigenvalue weighted by molar-refractivity contribution is 6.29. The quantitative estimate of drug-likeness (QED) is 0.626. The minimum absolute atomic E-state index is 0.221. The molecule has 2 aromatic rings. The lowest BCUT2D eigenvalue weighted by atomic mass is 10.1. The second-order valence-electron chi connectivity index (χ2n) is 4.00. The Morgan fingerprint density at radius 2 is 2.00 bits per heavy atom. The highest BCUT2D eigenvalue weighted by Crippen LogP contribution is 2.21. The fourth-order valence-electron chi connectivity index (χ4n) is 1.57. The van der Waals surface area contributed by atoms with Crippen LogP contribution in [0.5, 0.6) is 11.6 Å². The van der Waals surface area contributed by atoms with Gasteiger partial charge in [0.25, 0.3) is 0 Å². The van der Waals surface area contributed by atoms with E-state index in [4.69, 9.17) is 16.3 Å². The number of aromatic nitrogens is 2. The molecule has 0 bridgehead atoms. The van der Waals surface area contributed by atoms with Crippen molar-refractivity contribution in [3.05, 3.63) is 47.4 Å². The van der Waals surface area contributed by atoms with Gasteiger partial charge in [0.05, 0.1) is 7.11 Å². The summed E-state index contributed by atoms with van der Waals surface area (Å²) in [6.07, 6.45) is 2.33. The minimum Gasteiger partial charge on any atom is -0.469 e. The molecule has 0 fully saturated rings. The van der Waals surface area contributed by atoms with Crippen molar-refractivity contribution in [1.29, 1.82) is 0 Å². The molecule has 1 aromatic carbocycles. The molecule has 5 nitrogen and oxygen atoms in total. The molecule has 0 saturated carbocycles. The molecule has 1 heterocycles. The van der Waals surface area contributed by atoms with Crippen LogP contribution in [0.4, 0.5) is 0 Å². The normalized spacial score (nSPS) is 10.1. The van der Waals surface area contributed by atoms with Gasteiger partial charge in [0.15, 0.2) is 0 Å². The zero-order chi connectivity index (χ0) is 14.4. The Morgan fingerprint density at radius 1 is 1.25 bits per heavy atom. The molecule has 2 rings (SSSR count). The Hall–Kier alpha value is -2.14. The first-order valence-electron chi connectivity index (χ1n) is 5.98. The number of aryl methyl sites for hydroxylation is 1. The largest absolute Gasteiger partial charge is 0.469 e. The van der Waals surface area contributed by atoms with Crippen LogP contribution in [-0.4, -0.2) is 23.0 Å². The van der Waals surface area contributed by atoms with Gasteiger partial charge < -0.3 is 9.47 Å². The van der Waals surface area contributed by atoms with E-state index in [2.05, 4.69) is 14.7 Å². The summed E-state index contributed by atoms with van der Waals surface area (Å²) in [6, 6.07) is 8.93. The van der Waals surface area contributed by atoms with Gasteiger partial charge in [-0.1, -0.05) is 23.7 Å². The van der Waals surface area contributed by atoms with Crippen LogP contribution in [-0.2, 0) is 16.0 Å². The molecule has 0 atom stereocenters. The van der Waals surface area contributed by atoms with Crippen molar-refractivity contribution in [3.63, 3.8) is 0 Å². The first-order chi connectivity index (χ1) is 9.67. The first kappa shape index (κ1) is 14.3. The van der Waals surface area contributed by atoms with Gasteiger partial charge in [-0.25, -0.2) is 9.97 Å². The summed E-state index contributed by atoms with van der Waals surface area (Å²) in [7, 11) is 1.38. The van der Waals surface area contributed by atoms with Gasteiger partial charge >= 0.3 is 5.97 Å². The summed E-state index contributed by atoms with van der Waals surface area (Å²) in [4.78, 5) is 18.8. The third kappa shape index (κ3) is 4.20. The van der Waals surface area contributed by atoms with E-state index in [0.717, 1.165) is 5.56 Å². The van der Waals surface area contributed by atoms with Crippen LogP contribution in [0.3, 0.4) is 0 Å². The first-order valence-corrected chi connectivity index (χ1v) is 6.36. The molecule has 104 valence electrons. The van der Waals surface area contributed by atoms with Crippen LogP contribution in [0.1, 0.15) is 12.0 Å². The molecule has 1 aromatic heterocycles. The summed E-state index contributed by atoms with van der Waals surface area (Å²) in [5.74, 6) is 0.801. The molecule has 0 amide bonds. The highest BCUT2D eigenvalue weighted by atomic mass is 35.5. The number of nitrogens with zero attached hydrogens (tertiary/aromatic N) is 2. The zero-order valence-corrected chi connectivity index (χ0v) is 11.6. The average Bonchev–Trinajstić information content (AvgIpc) is 2.46. The number of rotatable bonds is 5. The number of hydrogen-bond acceptors (Lipinski definition) is 5. The van der Waals surface area contributed by atoms with Crippen molar-refractivity contribution in [3.8, 4) is 11.6 Å². The van der Waals surface area contributed by atoms with E-state index in [0.29, 0.717) is 29.6 Å². The Kier molecular flexibility index (Phi) is 4.90. The number of ether oxygens (including phenoxy) is 2. The maximum absolute atomic E-state index is 11.1. The monoisotopic (exact) mass is 292 g/mol. The summed E-state index contributed by atoms with van der Waals surface area (Å²) in [5.41, 5.74) is 1.03. The fourth-order valence-corrected chi connectivity index (χ4v) is 1.70. The van der Waals surface area contributed by atoms with Crippen LogP contribution in [0.2, 0.25) is 5.15 Å². The highest BCUT2D eigenvalue weighted by Gasteiger charge is 2.03. The SMILES string of the molecule is COC(=O)CCc1ccc(Oc2cc(Cl)ncn2)cc1. The predicted octanol–water partition coefficient (Wildman–Crippen LogP) is 3.03. The van der Waals surface area contributed by atoms with Gasteiger partial charge in [-0.15, -0.1) is 0 Å². The maximum atomic E-state index is 11.1. The molecule has 0 spiro atoms. The summed E-state index contributed by atoms with van der Waals surface area (Å²) in [5, 5.41) is 0.324. The van der Waals surface area contributed by atoms with Crippen LogP contribution in [0.25, 0.3) is 0 Å². The molecular weight excluding hydrogens is 280 g/mol. The average molecular weight is 293 g/mol. The number of hydrogen-bond donors (Lipinski definition) is 0. The third-order valence-corrected chi connectivity index (χ3v) is 2.81. The van der Waals surface area contributed by atoms with Gasteiger partial charge in [0.2, 0.25) is 5.88 Å². The minimum atomic E-state index is -0.221. The van der Waals surface area contributed by atoms with Crippen molar-refractivity contribution in [2.24, 2.45) is 0 Å². The van der Waals surface area contributed by atoms with Gasteiger partial charge in [-0.05, 0) is 24.1 Å². The van der Waals surface area contributed by atoms with Crippen molar-refractivity contribution in [1.82, 2.24) is 9.97 Å². The van der Waals surface area contributed by atoms with Gasteiger partial charge in [0.1, 0.15) is 17.2 Å². The van der Waals surface area contributed by atoms with Gasteiger partial charge in [0, 0.05) is 12.5 Å². The van der Waals surface area contributed by atoms with Gasteiger partial charge in [-0.2, -0.15) is 0 Å². The summed E-state index contributed by atoms with van der Waals surface area (Å²) < 4.78 is 10.1. The lowest BCUT2D eigenvalue weighted by Gasteiger charge is -2.05. The molecule has 0 saturated heterocycles. The standard InChI is InChI=1S/C14H13ClN2O3/c1-19-14(18)7-4-10-2-5-11(6-3-10)20-13-8-12(15)16-9-17-13/h2-3,5-6,8-9H,4,7H2,1H3. The van der Waals surface area contributed by atoms with Crippen molar-refractivity contribution >= 4 is 17.6 Å². The number of carbonyl (C=O) groups is 1. The predicted molar refractivity (Wildman–Crippen MR) is 73.9 cm³/mol. The van der Waals surface area contributed by atoms with Crippen LogP contribution >= 0.6 is 11.6 Å². The molecule has 0 aliphatic rings. The smallest absolute Gasteiger partial charge is 0.305 e. The van der Waals surface area contributed by atoms with Crippen molar-refractivity contribution < 1.29 is 14.3 Å². The van der Waals surface area contributed by atoms with Gasteiger partial charge in [-0.3, -0.25) is 4.79 Å². The van der Waals surface area contributed by atoms with Crippen LogP contribution in [0.15, 0.2) is 36.7 Å². The molecule has 0 unspecified atom stereocenters. The molecule has 0 N–H and O–H groups in total. The van der Waals surface area contributed by atoms with E-state index >= 15 is 0 Å². The molecule has 0 radical (unpaired) electrons. The summed E-state index contributed by atoms with van der Waals surface area (Å²) in [6.45, 7) is 0. The molecule has 0 aliphatic heterocycles. The van der Waals surface area contributed by atoms with E-state index in [9.17, 15) is 4.79 Å². The van der Waals surface area contributed by atoms with Crippen molar-refractivity contribution in [2.45, 2.75) is 12.8 Å². The lowest BCUT2D eigenvalue weighted by Crippen LogP contribution is -2.01. The molecule has 20 heavy (non-hydrogen) atoms. The second kappa shape index (κ2) is 6.86. The number of halogens is 1. The maximum Gasteiger partial charge on any atom is 0.305 e. The number of esters is 1. The Morgan fingerprint density at radius 3 is 2.65 bits per heavy atom. The Balaban J connectivity index is 1.96. The van der Waals surface area contributed by atoms with E-state index in [-0.39, 0.29) is 5.97 Å². The fraction of sp³-hybridized carbons (Fsp3) is 0.214. The lowest BCUT2D eigenvalue weighted by molar-refractivity contribution is -0.140. The number of methoxy groups -OCH3 is 1. The Bertz CT molecular complexity index is 587. The number of carbonyl (C=O) groups excluding carboxylic acids is 1. The van der Waals surface area contributed by atoms with E-state index in [1.807, 2.05) is 24.3 Å². The van der Waals surface area contributed by atoms with Crippen molar-refractivity contribution in [2.75, 3.05) is 7.11 Å². The topological polar surface area (TPSA) is 61.3 Å². The summed E-state index contributed by atoms with van der Waals surface area (Å²) >= 11 is 5.75. The van der Waals surface area contributed by atoms with Crippen LogP contribution < -0.4 is 4.74 Å². The molecule has 6 heteroatoms. The van der Waals surface area contributed by atoms with Crippen LogP contribution in [0, 0.1) is 0 Å². The molecule has 0 aliphatic carbocycles. The van der Waals surface area contributed by atoms with E-state index < -0.39 is 0 Å². The molecular formula is C14H13ClN2O3. The van der Waals surface area contributed by atoms with E-state index in [1.165, 1.54) is 19.5 Å².